The summed E-state index contributed by atoms with van der Waals surface area (Å²) >= 11 is 39.0. The number of anilines is 4. The van der Waals surface area contributed by atoms with E-state index >= 15 is 0 Å². The fraction of sp³-hybridized carbons (Fsp3) is 0.273. The van der Waals surface area contributed by atoms with Crippen molar-refractivity contribution in [3.05, 3.63) is 136 Å². The number of fused-ring (bicyclic) bond motifs is 3. The van der Waals surface area contributed by atoms with Gasteiger partial charge in [-0.05, 0) is 70.2 Å². The van der Waals surface area contributed by atoms with E-state index in [4.69, 9.17) is 79.6 Å². The molecule has 288 valence electrons. The molecule has 6 nitrogen and oxygen atoms in total. The molecule has 0 bridgehead atoms. The molecular weight excluding hydrogens is 829 g/mol. The lowest BCUT2D eigenvalue weighted by Gasteiger charge is -2.32. The Hall–Kier alpha value is -3.62. The molecule has 0 unspecified atom stereocenters. The second-order valence-electron chi connectivity index (χ2n) is 15.3. The fourth-order valence-electron chi connectivity index (χ4n) is 7.52. The SMILES string of the molecule is CC(C)c1cccc(C(C)C)c1N1C(=CC=C2C(=O)c3c(Cl)c(Cl)c(Cl)c(Cl)c3C2=O)N(c2c(C(C)C)cccc2C(C)C)c2nc3cc(Cl)c(Cl)cc3nc21. The van der Waals surface area contributed by atoms with Crippen molar-refractivity contribution in [3.8, 4) is 0 Å². The molecule has 0 fully saturated rings. The van der Waals surface area contributed by atoms with Crippen LogP contribution in [0.15, 0.2) is 72.1 Å². The third-order valence-electron chi connectivity index (χ3n) is 10.3. The first-order chi connectivity index (χ1) is 26.5. The van der Waals surface area contributed by atoms with Crippen LogP contribution >= 0.6 is 69.6 Å². The molecule has 1 aliphatic carbocycles. The van der Waals surface area contributed by atoms with Crippen molar-refractivity contribution in [2.45, 2.75) is 79.1 Å². The van der Waals surface area contributed by atoms with Crippen molar-refractivity contribution >= 4 is 115 Å². The van der Waals surface area contributed by atoms with Crippen molar-refractivity contribution in [1.82, 2.24) is 9.97 Å². The van der Waals surface area contributed by atoms with E-state index in [1.165, 1.54) is 6.08 Å². The Kier molecular flexibility index (Phi) is 11.1. The van der Waals surface area contributed by atoms with E-state index in [2.05, 4.69) is 102 Å². The number of allylic oxidation sites excluding steroid dienone is 3. The summed E-state index contributed by atoms with van der Waals surface area (Å²) in [5.41, 5.74) is 6.93. The third kappa shape index (κ3) is 6.51. The number of benzene rings is 4. The molecule has 7 rings (SSSR count). The van der Waals surface area contributed by atoms with Gasteiger partial charge in [0.15, 0.2) is 23.2 Å². The van der Waals surface area contributed by atoms with E-state index < -0.39 is 11.6 Å². The van der Waals surface area contributed by atoms with Gasteiger partial charge in [-0.15, -0.1) is 0 Å². The number of nitrogens with zero attached hydrogens (tertiary/aromatic N) is 4. The number of carbonyl (C=O) groups is 2. The predicted molar refractivity (Wildman–Crippen MR) is 234 cm³/mol. The summed E-state index contributed by atoms with van der Waals surface area (Å²) in [6.07, 6.45) is 3.30. The van der Waals surface area contributed by atoms with Crippen LogP contribution in [0.3, 0.4) is 0 Å². The largest absolute Gasteiger partial charge is 0.288 e. The minimum Gasteiger partial charge on any atom is -0.288 e. The highest BCUT2D eigenvalue weighted by Gasteiger charge is 2.43. The Balaban J connectivity index is 1.64. The van der Waals surface area contributed by atoms with Crippen molar-refractivity contribution in [1.29, 1.82) is 0 Å². The third-order valence-corrected chi connectivity index (χ3v) is 12.8. The standard InChI is InChI=1S/C44H38Cl6N4O2/c1-19(2)23-11-9-12-24(20(3)4)39(23)53-32(16-15-27-41(55)33-34(42(27)56)36(48)38(50)37(49)35(33)47)54(40-25(21(5)6)13-10-14-26(40)22(7)8)44-43(53)51-30-17-28(45)29(46)18-31(30)52-44/h9-22H,1-8H3. The Morgan fingerprint density at radius 3 is 1.18 bits per heavy atom. The molecule has 5 aromatic rings. The maximum Gasteiger partial charge on any atom is 0.199 e. The molecule has 2 aliphatic rings. The summed E-state index contributed by atoms with van der Waals surface area (Å²) in [4.78, 5) is 43.0. The molecule has 12 heteroatoms. The Labute approximate surface area is 357 Å². The molecule has 56 heavy (non-hydrogen) atoms. The van der Waals surface area contributed by atoms with Crippen LogP contribution in [0, 0.1) is 0 Å². The number of halogens is 6. The zero-order chi connectivity index (χ0) is 40.7. The van der Waals surface area contributed by atoms with E-state index in [9.17, 15) is 9.59 Å². The number of aromatic nitrogens is 2. The lowest BCUT2D eigenvalue weighted by Crippen LogP contribution is -2.26. The van der Waals surface area contributed by atoms with Gasteiger partial charge >= 0.3 is 0 Å². The molecule has 0 amide bonds. The van der Waals surface area contributed by atoms with E-state index in [1.54, 1.807) is 18.2 Å². The van der Waals surface area contributed by atoms with Crippen LogP contribution in [0.4, 0.5) is 23.0 Å². The van der Waals surface area contributed by atoms with Gasteiger partial charge in [0, 0.05) is 0 Å². The lowest BCUT2D eigenvalue weighted by atomic mass is 9.91. The molecule has 0 spiro atoms. The van der Waals surface area contributed by atoms with Crippen LogP contribution in [0.1, 0.15) is 122 Å². The van der Waals surface area contributed by atoms with Gasteiger partial charge in [0.05, 0.1) is 69.2 Å². The van der Waals surface area contributed by atoms with E-state index in [1.807, 2.05) is 0 Å². The first-order valence-electron chi connectivity index (χ1n) is 18.4. The molecule has 1 aromatic heterocycles. The van der Waals surface area contributed by atoms with E-state index in [-0.39, 0.29) is 60.5 Å². The van der Waals surface area contributed by atoms with E-state index in [0.29, 0.717) is 38.5 Å². The molecule has 2 heterocycles. The predicted octanol–water partition coefficient (Wildman–Crippen LogP) is 15.2. The molecule has 0 saturated carbocycles. The summed E-state index contributed by atoms with van der Waals surface area (Å²) in [6, 6.07) is 16.1. The zero-order valence-corrected chi connectivity index (χ0v) is 36.5. The number of para-hydroxylation sites is 2. The lowest BCUT2D eigenvalue weighted by molar-refractivity contribution is 0.0989. The number of hydrogen-bond acceptors (Lipinski definition) is 6. The summed E-state index contributed by atoms with van der Waals surface area (Å²) in [7, 11) is 0. The number of carbonyl (C=O) groups excluding carboxylic acids is 2. The molecule has 0 saturated heterocycles. The van der Waals surface area contributed by atoms with Crippen LogP contribution in [0.5, 0.6) is 0 Å². The quantitative estimate of drug-likeness (QED) is 0.0703. The first-order valence-corrected chi connectivity index (χ1v) is 20.6. The van der Waals surface area contributed by atoms with Gasteiger partial charge in [-0.1, -0.05) is 161 Å². The highest BCUT2D eigenvalue weighted by atomic mass is 35.5. The smallest absolute Gasteiger partial charge is 0.199 e. The summed E-state index contributed by atoms with van der Waals surface area (Å²) in [6.45, 7) is 17.2. The highest BCUT2D eigenvalue weighted by Crippen LogP contribution is 2.55. The molecule has 1 aliphatic heterocycles. The number of hydrogen-bond donors (Lipinski definition) is 0. The number of ketones is 2. The van der Waals surface area contributed by atoms with Crippen LogP contribution < -0.4 is 9.80 Å². The Morgan fingerprint density at radius 1 is 0.518 bits per heavy atom. The van der Waals surface area contributed by atoms with Crippen molar-refractivity contribution in [2.24, 2.45) is 0 Å². The normalized spacial score (nSPS) is 14.1. The van der Waals surface area contributed by atoms with Gasteiger partial charge in [-0.3, -0.25) is 19.4 Å². The number of Topliss-reactive ketones (excluding diaryl/α,β-unsaturated/α-hetero) is 2. The summed E-state index contributed by atoms with van der Waals surface area (Å²) in [5, 5.41) is 0.262. The van der Waals surface area contributed by atoms with Gasteiger partial charge in [0.25, 0.3) is 0 Å². The summed E-state index contributed by atoms with van der Waals surface area (Å²) in [5.74, 6) is 0.860. The van der Waals surface area contributed by atoms with Crippen LogP contribution in [0.25, 0.3) is 11.0 Å². The van der Waals surface area contributed by atoms with Gasteiger partial charge in [0.1, 0.15) is 5.82 Å². The minimum absolute atomic E-state index is 0.0769. The molecule has 0 atom stereocenters. The molecule has 4 aromatic carbocycles. The second kappa shape index (κ2) is 15.3. The number of rotatable bonds is 7. The minimum atomic E-state index is -0.608. The van der Waals surface area contributed by atoms with Crippen LogP contribution in [0.2, 0.25) is 30.1 Å². The topological polar surface area (TPSA) is 66.4 Å². The summed E-state index contributed by atoms with van der Waals surface area (Å²) < 4.78 is 0. The molecule has 0 radical (unpaired) electrons. The average molecular weight is 868 g/mol. The maximum atomic E-state index is 14.1. The van der Waals surface area contributed by atoms with Gasteiger partial charge in [0.2, 0.25) is 0 Å². The van der Waals surface area contributed by atoms with Crippen molar-refractivity contribution in [3.63, 3.8) is 0 Å². The van der Waals surface area contributed by atoms with Crippen LogP contribution in [-0.2, 0) is 0 Å². The van der Waals surface area contributed by atoms with Gasteiger partial charge in [-0.25, -0.2) is 9.97 Å². The van der Waals surface area contributed by atoms with Crippen LogP contribution in [-0.4, -0.2) is 21.5 Å². The van der Waals surface area contributed by atoms with Crippen molar-refractivity contribution < 1.29 is 9.59 Å². The van der Waals surface area contributed by atoms with Crippen molar-refractivity contribution in [2.75, 3.05) is 9.80 Å². The fourth-order valence-corrected chi connectivity index (χ4v) is 8.86. The second-order valence-corrected chi connectivity index (χ2v) is 17.6. The average Bonchev–Trinajstić information content (AvgIpc) is 3.59. The first kappa shape index (κ1) is 40.6. The molecule has 0 N–H and O–H groups in total. The molecular formula is C44H38Cl6N4O2. The monoisotopic (exact) mass is 864 g/mol. The van der Waals surface area contributed by atoms with Gasteiger partial charge < -0.3 is 0 Å². The van der Waals surface area contributed by atoms with Gasteiger partial charge in [-0.2, -0.15) is 0 Å². The Morgan fingerprint density at radius 2 is 0.857 bits per heavy atom. The highest BCUT2D eigenvalue weighted by molar-refractivity contribution is 6.57. The van der Waals surface area contributed by atoms with E-state index in [0.717, 1.165) is 33.6 Å². The maximum absolute atomic E-state index is 14.1. The Bertz CT molecular complexity index is 2360. The zero-order valence-electron chi connectivity index (χ0n) is 32.0.